The second-order valence-electron chi connectivity index (χ2n) is 6.07. The third kappa shape index (κ3) is 4.12. The van der Waals surface area contributed by atoms with Crippen LogP contribution < -0.4 is 14.8 Å². The van der Waals surface area contributed by atoms with Gasteiger partial charge in [0, 0.05) is 16.8 Å². The summed E-state index contributed by atoms with van der Waals surface area (Å²) in [7, 11) is 1.63. The molecule has 0 aliphatic rings. The molecule has 1 aromatic carbocycles. The number of methoxy groups -OCH3 is 1. The average Bonchev–Trinajstić information content (AvgIpc) is 2.50. The molecule has 0 fully saturated rings. The van der Waals surface area contributed by atoms with Gasteiger partial charge in [-0.05, 0) is 63.4 Å². The zero-order valence-corrected chi connectivity index (χ0v) is 15.9. The zero-order chi connectivity index (χ0) is 17.9. The minimum atomic E-state index is 0.326. The predicted octanol–water partition coefficient (Wildman–Crippen LogP) is 5.67. The fourth-order valence-corrected chi connectivity index (χ4v) is 2.86. The number of hydrogen-bond acceptors (Lipinski definition) is 4. The van der Waals surface area contributed by atoms with Crippen LogP contribution in [0, 0.1) is 20.8 Å². The third-order valence-electron chi connectivity index (χ3n) is 3.91. The number of nitrogens with one attached hydrogen (secondary N) is 1. The first-order chi connectivity index (χ1) is 11.3. The molecule has 1 atom stereocenters. The van der Waals surface area contributed by atoms with Gasteiger partial charge >= 0.3 is 0 Å². The lowest BCUT2D eigenvalue weighted by atomic mass is 10.1. The largest absolute Gasteiger partial charge is 0.490 e. The van der Waals surface area contributed by atoms with Crippen LogP contribution in [0.5, 0.6) is 17.4 Å². The standard InChI is InChI=1S/C19H25ClN2O2/c1-7-13(4)21-16-10-14(5)22-19(18(16)23-6)24-17-11(2)8-15(20)9-12(17)3/h8-10,13H,7H2,1-6H3,(H,21,22). The van der Waals surface area contributed by atoms with Crippen LogP contribution in [-0.4, -0.2) is 18.1 Å². The van der Waals surface area contributed by atoms with Gasteiger partial charge in [-0.25, -0.2) is 4.98 Å². The van der Waals surface area contributed by atoms with Gasteiger partial charge in [-0.15, -0.1) is 0 Å². The Morgan fingerprint density at radius 3 is 2.29 bits per heavy atom. The molecule has 4 nitrogen and oxygen atoms in total. The Balaban J connectivity index is 2.47. The van der Waals surface area contributed by atoms with Crippen molar-refractivity contribution in [2.75, 3.05) is 12.4 Å². The van der Waals surface area contributed by atoms with Gasteiger partial charge in [0.05, 0.1) is 12.8 Å². The fourth-order valence-electron chi connectivity index (χ4n) is 2.53. The van der Waals surface area contributed by atoms with Crippen LogP contribution in [0.25, 0.3) is 0 Å². The molecule has 0 spiro atoms. The monoisotopic (exact) mass is 348 g/mol. The highest BCUT2D eigenvalue weighted by atomic mass is 35.5. The van der Waals surface area contributed by atoms with Crippen LogP contribution in [0.15, 0.2) is 18.2 Å². The molecule has 0 aliphatic carbocycles. The molecule has 1 heterocycles. The normalized spacial score (nSPS) is 12.0. The van der Waals surface area contributed by atoms with Crippen molar-refractivity contribution >= 4 is 17.3 Å². The first-order valence-corrected chi connectivity index (χ1v) is 8.50. The van der Waals surface area contributed by atoms with Crippen molar-refractivity contribution < 1.29 is 9.47 Å². The summed E-state index contributed by atoms with van der Waals surface area (Å²) >= 11 is 6.10. The molecule has 0 radical (unpaired) electrons. The van der Waals surface area contributed by atoms with E-state index in [4.69, 9.17) is 21.1 Å². The minimum Gasteiger partial charge on any atom is -0.490 e. The van der Waals surface area contributed by atoms with Gasteiger partial charge in [-0.2, -0.15) is 0 Å². The van der Waals surface area contributed by atoms with E-state index < -0.39 is 0 Å². The fraction of sp³-hybridized carbons (Fsp3) is 0.421. The molecule has 1 unspecified atom stereocenters. The van der Waals surface area contributed by atoms with Gasteiger partial charge < -0.3 is 14.8 Å². The maximum atomic E-state index is 6.12. The molecule has 24 heavy (non-hydrogen) atoms. The van der Waals surface area contributed by atoms with E-state index in [1.807, 2.05) is 39.0 Å². The number of pyridine rings is 1. The molecule has 2 aromatic rings. The van der Waals surface area contributed by atoms with Crippen molar-refractivity contribution in [1.82, 2.24) is 4.98 Å². The average molecular weight is 349 g/mol. The van der Waals surface area contributed by atoms with E-state index in [1.54, 1.807) is 7.11 Å². The van der Waals surface area contributed by atoms with E-state index in [9.17, 15) is 0 Å². The Hall–Kier alpha value is -1.94. The third-order valence-corrected chi connectivity index (χ3v) is 4.13. The Morgan fingerprint density at radius 2 is 1.75 bits per heavy atom. The van der Waals surface area contributed by atoms with Crippen molar-refractivity contribution in [2.24, 2.45) is 0 Å². The lowest BCUT2D eigenvalue weighted by Crippen LogP contribution is -2.15. The highest BCUT2D eigenvalue weighted by Gasteiger charge is 2.17. The van der Waals surface area contributed by atoms with E-state index in [0.717, 1.165) is 34.7 Å². The molecule has 0 saturated carbocycles. The van der Waals surface area contributed by atoms with Gasteiger partial charge in [0.15, 0.2) is 0 Å². The lowest BCUT2D eigenvalue weighted by molar-refractivity contribution is 0.368. The molecular weight excluding hydrogens is 324 g/mol. The van der Waals surface area contributed by atoms with Crippen molar-refractivity contribution in [3.8, 4) is 17.4 Å². The lowest BCUT2D eigenvalue weighted by Gasteiger charge is -2.20. The Bertz CT molecular complexity index is 709. The van der Waals surface area contributed by atoms with Crippen LogP contribution in [-0.2, 0) is 0 Å². The number of ether oxygens (including phenoxy) is 2. The number of aryl methyl sites for hydroxylation is 3. The van der Waals surface area contributed by atoms with Gasteiger partial charge in [-0.1, -0.05) is 18.5 Å². The molecule has 1 N–H and O–H groups in total. The SMILES string of the molecule is CCC(C)Nc1cc(C)nc(Oc2c(C)cc(Cl)cc2C)c1OC. The van der Waals surface area contributed by atoms with E-state index >= 15 is 0 Å². The second kappa shape index (κ2) is 7.75. The van der Waals surface area contributed by atoms with Crippen molar-refractivity contribution in [2.45, 2.75) is 47.1 Å². The number of halogens is 1. The van der Waals surface area contributed by atoms with Crippen molar-refractivity contribution in [3.05, 3.63) is 40.0 Å². The number of benzene rings is 1. The quantitative estimate of drug-likeness (QED) is 0.730. The molecule has 0 saturated heterocycles. The number of aromatic nitrogens is 1. The molecule has 1 aromatic heterocycles. The van der Waals surface area contributed by atoms with E-state index in [2.05, 4.69) is 24.1 Å². The molecule has 2 rings (SSSR count). The maximum absolute atomic E-state index is 6.12. The van der Waals surface area contributed by atoms with Crippen LogP contribution in [0.4, 0.5) is 5.69 Å². The van der Waals surface area contributed by atoms with Gasteiger partial charge in [-0.3, -0.25) is 0 Å². The van der Waals surface area contributed by atoms with E-state index in [1.165, 1.54) is 0 Å². The Kier molecular flexibility index (Phi) is 5.94. The molecule has 0 aliphatic heterocycles. The van der Waals surface area contributed by atoms with Gasteiger partial charge in [0.25, 0.3) is 5.88 Å². The zero-order valence-electron chi connectivity index (χ0n) is 15.2. The molecular formula is C19H25ClN2O2. The molecule has 5 heteroatoms. The minimum absolute atomic E-state index is 0.326. The summed E-state index contributed by atoms with van der Waals surface area (Å²) in [6, 6.07) is 6.06. The molecule has 0 amide bonds. The summed E-state index contributed by atoms with van der Waals surface area (Å²) < 4.78 is 11.7. The first-order valence-electron chi connectivity index (χ1n) is 8.12. The highest BCUT2D eigenvalue weighted by Crippen LogP contribution is 2.39. The molecule has 0 bridgehead atoms. The van der Waals surface area contributed by atoms with E-state index in [-0.39, 0.29) is 0 Å². The Morgan fingerprint density at radius 1 is 1.12 bits per heavy atom. The number of anilines is 1. The predicted molar refractivity (Wildman–Crippen MR) is 99.9 cm³/mol. The molecule has 130 valence electrons. The highest BCUT2D eigenvalue weighted by molar-refractivity contribution is 6.30. The van der Waals surface area contributed by atoms with Crippen molar-refractivity contribution in [1.29, 1.82) is 0 Å². The van der Waals surface area contributed by atoms with Crippen molar-refractivity contribution in [3.63, 3.8) is 0 Å². The topological polar surface area (TPSA) is 43.4 Å². The summed E-state index contributed by atoms with van der Waals surface area (Å²) in [6.45, 7) is 10.1. The van der Waals surface area contributed by atoms with E-state index in [0.29, 0.717) is 22.7 Å². The van der Waals surface area contributed by atoms with Crippen LogP contribution >= 0.6 is 11.6 Å². The number of rotatable bonds is 6. The summed E-state index contributed by atoms with van der Waals surface area (Å²) in [5.74, 6) is 1.82. The number of hydrogen-bond donors (Lipinski definition) is 1. The van der Waals surface area contributed by atoms with Crippen LogP contribution in [0.2, 0.25) is 5.02 Å². The van der Waals surface area contributed by atoms with Gasteiger partial charge in [0.1, 0.15) is 5.75 Å². The Labute approximate surface area is 149 Å². The smallest absolute Gasteiger partial charge is 0.265 e. The first kappa shape index (κ1) is 18.4. The maximum Gasteiger partial charge on any atom is 0.265 e. The summed E-state index contributed by atoms with van der Waals surface area (Å²) in [4.78, 5) is 4.52. The second-order valence-corrected chi connectivity index (χ2v) is 6.51. The summed E-state index contributed by atoms with van der Waals surface area (Å²) in [5.41, 5.74) is 3.67. The van der Waals surface area contributed by atoms with Gasteiger partial charge in [0.2, 0.25) is 5.75 Å². The summed E-state index contributed by atoms with van der Waals surface area (Å²) in [5, 5.41) is 4.15. The number of nitrogens with zero attached hydrogens (tertiary/aromatic N) is 1. The van der Waals surface area contributed by atoms with Crippen LogP contribution in [0.1, 0.15) is 37.1 Å². The van der Waals surface area contributed by atoms with Crippen LogP contribution in [0.3, 0.4) is 0 Å². The summed E-state index contributed by atoms with van der Waals surface area (Å²) in [6.07, 6.45) is 1.01.